The van der Waals surface area contributed by atoms with Crippen molar-refractivity contribution >= 4 is 23.0 Å². The van der Waals surface area contributed by atoms with E-state index in [1.54, 1.807) is 0 Å². The van der Waals surface area contributed by atoms with Gasteiger partial charge < -0.3 is 26.5 Å². The van der Waals surface area contributed by atoms with E-state index >= 15 is 0 Å². The van der Waals surface area contributed by atoms with E-state index in [-0.39, 0.29) is 11.9 Å². The highest BCUT2D eigenvalue weighted by Gasteiger charge is 2.10. The van der Waals surface area contributed by atoms with Crippen LogP contribution in [0, 0.1) is 0 Å². The second-order valence-electron chi connectivity index (χ2n) is 6.47. The summed E-state index contributed by atoms with van der Waals surface area (Å²) in [4.78, 5) is 27.0. The first-order chi connectivity index (χ1) is 13.7. The lowest BCUT2D eigenvalue weighted by atomic mass is 10.1. The Morgan fingerprint density at radius 3 is 2.68 bits per heavy atom. The molecule has 0 radical (unpaired) electrons. The minimum Gasteiger partial charge on any atom is -0.471 e. The Kier molecular flexibility index (Phi) is 6.74. The van der Waals surface area contributed by atoms with Gasteiger partial charge in [-0.2, -0.15) is 9.97 Å². The van der Waals surface area contributed by atoms with Crippen LogP contribution in [0.5, 0.6) is 5.88 Å². The third-order valence-electron chi connectivity index (χ3n) is 4.27. The lowest BCUT2D eigenvalue weighted by Gasteiger charge is -2.08. The molecule has 1 amide bonds. The second-order valence-corrected chi connectivity index (χ2v) is 6.47. The molecule has 2 aromatic heterocycles. The average Bonchev–Trinajstić information content (AvgIpc) is 3.17. The number of nitrogens with zero attached hydrogens (tertiary/aromatic N) is 3. The molecule has 148 valence electrons. The number of carbonyl (C=O) groups excluding carboxylic acids is 1. The maximum Gasteiger partial charge on any atom is 0.245 e. The molecule has 0 fully saturated rings. The summed E-state index contributed by atoms with van der Waals surface area (Å²) in [5.41, 5.74) is 14.2. The van der Waals surface area contributed by atoms with E-state index in [2.05, 4.69) is 25.3 Å². The number of nitrogens with one attached hydrogen (secondary N) is 2. The van der Waals surface area contributed by atoms with Crippen LogP contribution in [0.2, 0.25) is 0 Å². The van der Waals surface area contributed by atoms with E-state index in [0.29, 0.717) is 43.2 Å². The van der Waals surface area contributed by atoms with Crippen LogP contribution in [-0.2, 0) is 17.9 Å². The van der Waals surface area contributed by atoms with E-state index in [0.717, 1.165) is 30.4 Å². The number of nitrogen functional groups attached to an aromatic ring is 1. The van der Waals surface area contributed by atoms with Crippen LogP contribution in [0.1, 0.15) is 36.8 Å². The predicted octanol–water partition coefficient (Wildman–Crippen LogP) is 1.65. The zero-order valence-corrected chi connectivity index (χ0v) is 15.6. The number of aromatic amines is 1. The smallest absolute Gasteiger partial charge is 0.245 e. The number of H-pyrrole nitrogens is 1. The number of amides is 1. The summed E-state index contributed by atoms with van der Waals surface area (Å²) in [6.45, 7) is 1.52. The molecule has 0 spiro atoms. The maximum atomic E-state index is 11.8. The number of ether oxygens (including phenoxy) is 1. The van der Waals surface area contributed by atoms with Gasteiger partial charge in [0.15, 0.2) is 5.65 Å². The van der Waals surface area contributed by atoms with Gasteiger partial charge in [0.05, 0.1) is 6.33 Å². The molecule has 0 saturated heterocycles. The number of carbonyl (C=O) groups is 1. The molecule has 9 nitrogen and oxygen atoms in total. The molecule has 0 unspecified atom stereocenters. The van der Waals surface area contributed by atoms with Crippen molar-refractivity contribution in [3.05, 3.63) is 41.7 Å². The Hall–Kier alpha value is -3.20. The molecular formula is C19H25N7O2. The van der Waals surface area contributed by atoms with Gasteiger partial charge in [-0.3, -0.25) is 4.79 Å². The number of benzene rings is 1. The summed E-state index contributed by atoms with van der Waals surface area (Å²) in [7, 11) is 0. The highest BCUT2D eigenvalue weighted by atomic mass is 16.5. The van der Waals surface area contributed by atoms with E-state index in [1.165, 1.54) is 6.33 Å². The van der Waals surface area contributed by atoms with Gasteiger partial charge in [0.1, 0.15) is 12.1 Å². The molecule has 0 bridgehead atoms. The molecule has 2 heterocycles. The summed E-state index contributed by atoms with van der Waals surface area (Å²) in [6.07, 6.45) is 4.88. The van der Waals surface area contributed by atoms with Crippen molar-refractivity contribution < 1.29 is 9.53 Å². The second kappa shape index (κ2) is 9.65. The SMILES string of the molecule is NCCCCCC(=O)NCc1ccc(COc2nc(N)nc3nc[nH]c23)cc1. The Morgan fingerprint density at radius 1 is 1.11 bits per heavy atom. The number of rotatable bonds is 10. The van der Waals surface area contributed by atoms with Crippen LogP contribution in [0.4, 0.5) is 5.95 Å². The Labute approximate surface area is 162 Å². The Bertz CT molecular complexity index is 908. The van der Waals surface area contributed by atoms with Crippen molar-refractivity contribution in [1.29, 1.82) is 0 Å². The molecule has 0 saturated carbocycles. The highest BCUT2D eigenvalue weighted by molar-refractivity contribution is 5.76. The van der Waals surface area contributed by atoms with Gasteiger partial charge in [0.2, 0.25) is 17.7 Å². The lowest BCUT2D eigenvalue weighted by Crippen LogP contribution is -2.22. The molecule has 6 N–H and O–H groups in total. The standard InChI is InChI=1S/C19H25N7O2/c20-9-3-1-2-4-15(27)22-10-13-5-7-14(8-6-13)11-28-18-16-17(24-12-23-16)25-19(21)26-18/h5-8,12H,1-4,9-11,20H2,(H,22,27)(H3,21,23,24,25,26). The monoisotopic (exact) mass is 383 g/mol. The van der Waals surface area contributed by atoms with Crippen molar-refractivity contribution in [1.82, 2.24) is 25.3 Å². The summed E-state index contributed by atoms with van der Waals surface area (Å²) in [6, 6.07) is 7.84. The molecule has 0 aliphatic heterocycles. The van der Waals surface area contributed by atoms with Crippen molar-refractivity contribution in [2.24, 2.45) is 5.73 Å². The molecule has 0 aliphatic rings. The molecule has 3 rings (SSSR count). The normalized spacial score (nSPS) is 10.9. The average molecular weight is 383 g/mol. The van der Waals surface area contributed by atoms with Crippen molar-refractivity contribution in [3.8, 4) is 5.88 Å². The van der Waals surface area contributed by atoms with E-state index in [4.69, 9.17) is 16.2 Å². The van der Waals surface area contributed by atoms with Crippen LogP contribution in [0.25, 0.3) is 11.2 Å². The number of unbranched alkanes of at least 4 members (excludes halogenated alkanes) is 2. The minimum atomic E-state index is 0.0642. The number of imidazole rings is 1. The molecule has 28 heavy (non-hydrogen) atoms. The third kappa shape index (κ3) is 5.40. The van der Waals surface area contributed by atoms with Crippen molar-refractivity contribution in [2.75, 3.05) is 12.3 Å². The molecule has 9 heteroatoms. The molecule has 0 aliphatic carbocycles. The summed E-state index contributed by atoms with van der Waals surface area (Å²) < 4.78 is 5.77. The first-order valence-corrected chi connectivity index (χ1v) is 9.29. The molecular weight excluding hydrogens is 358 g/mol. The number of aromatic nitrogens is 4. The van der Waals surface area contributed by atoms with Crippen LogP contribution in [-0.4, -0.2) is 32.4 Å². The van der Waals surface area contributed by atoms with Crippen LogP contribution < -0.4 is 21.5 Å². The number of fused-ring (bicyclic) bond motifs is 1. The van der Waals surface area contributed by atoms with Gasteiger partial charge in [-0.05, 0) is 30.5 Å². The predicted molar refractivity (Wildman–Crippen MR) is 106 cm³/mol. The first-order valence-electron chi connectivity index (χ1n) is 9.29. The van der Waals surface area contributed by atoms with E-state index in [9.17, 15) is 4.79 Å². The summed E-state index contributed by atoms with van der Waals surface area (Å²) >= 11 is 0. The summed E-state index contributed by atoms with van der Waals surface area (Å²) in [5.74, 6) is 0.545. The number of hydrogen-bond acceptors (Lipinski definition) is 7. The van der Waals surface area contributed by atoms with Gasteiger partial charge >= 0.3 is 0 Å². The van der Waals surface area contributed by atoms with Crippen molar-refractivity contribution in [3.63, 3.8) is 0 Å². The fourth-order valence-corrected chi connectivity index (χ4v) is 2.73. The maximum absolute atomic E-state index is 11.8. The van der Waals surface area contributed by atoms with Gasteiger partial charge in [0, 0.05) is 13.0 Å². The zero-order valence-electron chi connectivity index (χ0n) is 15.6. The Balaban J connectivity index is 1.48. The molecule has 1 aromatic carbocycles. The number of anilines is 1. The van der Waals surface area contributed by atoms with Gasteiger partial charge in [-0.1, -0.05) is 30.7 Å². The van der Waals surface area contributed by atoms with Crippen LogP contribution in [0.15, 0.2) is 30.6 Å². The fourth-order valence-electron chi connectivity index (χ4n) is 2.73. The van der Waals surface area contributed by atoms with Gasteiger partial charge in [0.25, 0.3) is 0 Å². The summed E-state index contributed by atoms with van der Waals surface area (Å²) in [5, 5.41) is 2.93. The largest absolute Gasteiger partial charge is 0.471 e. The number of hydrogen-bond donors (Lipinski definition) is 4. The minimum absolute atomic E-state index is 0.0642. The van der Waals surface area contributed by atoms with E-state index in [1.807, 2.05) is 24.3 Å². The van der Waals surface area contributed by atoms with Crippen LogP contribution >= 0.6 is 0 Å². The quantitative estimate of drug-likeness (QED) is 0.389. The van der Waals surface area contributed by atoms with Crippen LogP contribution in [0.3, 0.4) is 0 Å². The lowest BCUT2D eigenvalue weighted by molar-refractivity contribution is -0.121. The van der Waals surface area contributed by atoms with Gasteiger partial charge in [-0.25, -0.2) is 4.98 Å². The first kappa shape index (κ1) is 19.6. The highest BCUT2D eigenvalue weighted by Crippen LogP contribution is 2.20. The van der Waals surface area contributed by atoms with Gasteiger partial charge in [-0.15, -0.1) is 0 Å². The Morgan fingerprint density at radius 2 is 1.89 bits per heavy atom. The van der Waals surface area contributed by atoms with Crippen molar-refractivity contribution in [2.45, 2.75) is 38.8 Å². The molecule has 0 atom stereocenters. The third-order valence-corrected chi connectivity index (χ3v) is 4.27. The zero-order chi connectivity index (χ0) is 19.8. The number of nitrogens with two attached hydrogens (primary N) is 2. The van der Waals surface area contributed by atoms with E-state index < -0.39 is 0 Å². The molecule has 3 aromatic rings. The topological polar surface area (TPSA) is 145 Å². The fraction of sp³-hybridized carbons (Fsp3) is 0.368.